The highest BCUT2D eigenvalue weighted by atomic mass is 20.0. The maximum absolute atomic E-state index is 10.1. The lowest BCUT2D eigenvalue weighted by Crippen LogP contribution is -1.90. The molecule has 0 N–H and O–H groups in total. The van der Waals surface area contributed by atoms with Crippen molar-refractivity contribution >= 4 is 6.29 Å². The van der Waals surface area contributed by atoms with Gasteiger partial charge in [-0.05, 0) is 12.1 Å². The van der Waals surface area contributed by atoms with Gasteiger partial charge in [-0.2, -0.15) is 0 Å². The summed E-state index contributed by atoms with van der Waals surface area (Å²) in [6.45, 7) is 0. The van der Waals surface area contributed by atoms with E-state index in [9.17, 15) is 4.79 Å². The summed E-state index contributed by atoms with van der Waals surface area (Å²) in [4.78, 5) is 10.1. The average molecular weight is 147 g/mol. The second kappa shape index (κ2) is 4.67. The highest BCUT2D eigenvalue weighted by Crippen LogP contribution is 1.92. The van der Waals surface area contributed by atoms with Crippen LogP contribution in [0.3, 0.4) is 0 Å². The summed E-state index contributed by atoms with van der Waals surface area (Å²) in [5, 5.41) is 0. The molecule has 1 aromatic rings. The first kappa shape index (κ1) is 8.81. The summed E-state index contributed by atoms with van der Waals surface area (Å²) in [6.07, 6.45) is 2.67. The van der Waals surface area contributed by atoms with Crippen molar-refractivity contribution < 1.29 is 13.9 Å². The molecular weight excluding hydrogens is 140 g/mol. The molecule has 0 saturated heterocycles. The fraction of sp³-hybridized carbons (Fsp3) is 0.167. The van der Waals surface area contributed by atoms with Crippen molar-refractivity contribution in [1.29, 1.82) is 0 Å². The highest BCUT2D eigenvalue weighted by Gasteiger charge is 1.89. The molecule has 10 heavy (non-hydrogen) atoms. The summed E-state index contributed by atoms with van der Waals surface area (Å²) in [7, 11) is 1.84. The fourth-order valence-corrected chi connectivity index (χ4v) is 0.597. The molecule has 0 fully saturated rings. The molecule has 2 nitrogen and oxygen atoms in total. The summed E-state index contributed by atoms with van der Waals surface area (Å²) >= 11 is 0. The Morgan fingerprint density at radius 2 is 2.20 bits per heavy atom. The maximum atomic E-state index is 10.1. The number of aryl methyl sites for hydroxylation is 1. The van der Waals surface area contributed by atoms with Gasteiger partial charge in [-0.25, -0.2) is 0 Å². The van der Waals surface area contributed by atoms with Crippen molar-refractivity contribution in [1.82, 2.24) is 4.57 Å². The van der Waals surface area contributed by atoms with E-state index in [1.54, 1.807) is 10.6 Å². The fourth-order valence-electron chi connectivity index (χ4n) is 0.597. The van der Waals surface area contributed by atoms with Crippen LogP contribution in [0.5, 0.6) is 0 Å². The topological polar surface area (TPSA) is 22.0 Å². The number of nitrogens with zero attached hydrogens (tertiary/aromatic N) is 1. The number of carbonyl (C=O) groups is 1. The van der Waals surface area contributed by atoms with Gasteiger partial charge in [-0.3, -0.25) is 4.79 Å². The molecule has 0 radical (unpaired) electrons. The molecule has 0 aliphatic heterocycles. The van der Waals surface area contributed by atoms with Gasteiger partial charge in [0.25, 0.3) is 0 Å². The van der Waals surface area contributed by atoms with E-state index in [4.69, 9.17) is 9.15 Å². The van der Waals surface area contributed by atoms with Gasteiger partial charge in [0.2, 0.25) is 0 Å². The van der Waals surface area contributed by atoms with E-state index < -0.39 is 0 Å². The lowest BCUT2D eigenvalue weighted by atomic mass is 10.5. The zero-order chi connectivity index (χ0) is 7.98. The molecule has 0 bridgehead atoms. The highest BCUT2D eigenvalue weighted by molar-refractivity contribution is 5.72. The van der Waals surface area contributed by atoms with Crippen LogP contribution in [-0.4, -0.2) is 10.9 Å². The standard InChI is InChI=1S/C6H7NO.F2/c1-7-4-2-3-6(7)5-8;1-2/h2-5H,1H3;. The first-order valence-corrected chi connectivity index (χ1v) is 2.55. The van der Waals surface area contributed by atoms with Crippen LogP contribution in [0.2, 0.25) is 0 Å². The van der Waals surface area contributed by atoms with Crippen LogP contribution in [-0.2, 0) is 7.05 Å². The summed E-state index contributed by atoms with van der Waals surface area (Å²) < 4.78 is 17.8. The molecule has 56 valence electrons. The Hall–Kier alpha value is -1.19. The van der Waals surface area contributed by atoms with Crippen molar-refractivity contribution in [2.45, 2.75) is 0 Å². The number of hydrogen-bond donors (Lipinski definition) is 0. The molecule has 0 unspecified atom stereocenters. The predicted molar refractivity (Wildman–Crippen MR) is 33.0 cm³/mol. The normalized spacial score (nSPS) is 7.90. The van der Waals surface area contributed by atoms with E-state index in [1.807, 2.05) is 19.3 Å². The lowest BCUT2D eigenvalue weighted by Gasteiger charge is -1.88. The molecule has 0 aromatic carbocycles. The second-order valence-electron chi connectivity index (χ2n) is 1.66. The van der Waals surface area contributed by atoms with Crippen molar-refractivity contribution in [3.05, 3.63) is 24.0 Å². The monoisotopic (exact) mass is 147 g/mol. The van der Waals surface area contributed by atoms with Crippen molar-refractivity contribution in [3.63, 3.8) is 0 Å². The zero-order valence-electron chi connectivity index (χ0n) is 5.42. The third-order valence-electron chi connectivity index (χ3n) is 1.10. The Kier molecular flexibility index (Phi) is 4.11. The van der Waals surface area contributed by atoms with Gasteiger partial charge in [-0.15, -0.1) is 0 Å². The molecule has 0 spiro atoms. The van der Waals surface area contributed by atoms with Crippen LogP contribution in [0, 0.1) is 0 Å². The van der Waals surface area contributed by atoms with Crippen LogP contribution in [0.4, 0.5) is 9.15 Å². The van der Waals surface area contributed by atoms with Gasteiger partial charge >= 0.3 is 0 Å². The Morgan fingerprint density at radius 1 is 1.60 bits per heavy atom. The van der Waals surface area contributed by atoms with E-state index in [0.29, 0.717) is 5.69 Å². The van der Waals surface area contributed by atoms with Crippen LogP contribution in [0.1, 0.15) is 10.5 Å². The van der Waals surface area contributed by atoms with E-state index in [0.717, 1.165) is 6.29 Å². The Bertz CT molecular complexity index is 197. The molecule has 1 heterocycles. The third-order valence-corrected chi connectivity index (χ3v) is 1.10. The molecule has 0 atom stereocenters. The third kappa shape index (κ3) is 1.97. The van der Waals surface area contributed by atoms with E-state index in [2.05, 4.69) is 0 Å². The SMILES string of the molecule is Cn1cccc1C=O.FF. The number of carbonyl (C=O) groups excluding carboxylic acids is 1. The number of aromatic nitrogens is 1. The Labute approximate surface area is 56.9 Å². The van der Waals surface area contributed by atoms with Crippen LogP contribution >= 0.6 is 0 Å². The molecular formula is C6H7F2NO. The van der Waals surface area contributed by atoms with Crippen LogP contribution in [0.15, 0.2) is 18.3 Å². The smallest absolute Gasteiger partial charge is 0.166 e. The number of halogens is 2. The van der Waals surface area contributed by atoms with Crippen LogP contribution in [0.25, 0.3) is 0 Å². The van der Waals surface area contributed by atoms with E-state index in [-0.39, 0.29) is 0 Å². The van der Waals surface area contributed by atoms with E-state index >= 15 is 0 Å². The molecule has 1 rings (SSSR count). The van der Waals surface area contributed by atoms with Crippen molar-refractivity contribution in [2.24, 2.45) is 7.05 Å². The predicted octanol–water partition coefficient (Wildman–Crippen LogP) is 1.68. The summed E-state index contributed by atoms with van der Waals surface area (Å²) in [6, 6.07) is 3.61. The molecule has 1 aromatic heterocycles. The quantitative estimate of drug-likeness (QED) is 0.554. The summed E-state index contributed by atoms with van der Waals surface area (Å²) in [5.74, 6) is 0. The number of aldehydes is 1. The maximum Gasteiger partial charge on any atom is 0.166 e. The minimum absolute atomic E-state index is 0.713. The van der Waals surface area contributed by atoms with E-state index in [1.165, 1.54) is 0 Å². The minimum atomic E-state index is 0.713. The molecule has 4 heteroatoms. The van der Waals surface area contributed by atoms with Gasteiger partial charge in [0.15, 0.2) is 6.29 Å². The molecule has 0 aliphatic rings. The van der Waals surface area contributed by atoms with Gasteiger partial charge in [-0.1, -0.05) is 0 Å². The minimum Gasteiger partial charge on any atom is -0.348 e. The summed E-state index contributed by atoms with van der Waals surface area (Å²) in [5.41, 5.74) is 0.713. The van der Waals surface area contributed by atoms with Gasteiger partial charge in [0.1, 0.15) is 0 Å². The van der Waals surface area contributed by atoms with Gasteiger partial charge < -0.3 is 4.57 Å². The zero-order valence-corrected chi connectivity index (χ0v) is 5.42. The van der Waals surface area contributed by atoms with Crippen LogP contribution < -0.4 is 0 Å². The molecule has 0 aliphatic carbocycles. The van der Waals surface area contributed by atoms with Gasteiger partial charge in [0.05, 0.1) is 5.69 Å². The average Bonchev–Trinajstić information content (AvgIpc) is 2.39. The Morgan fingerprint density at radius 3 is 2.40 bits per heavy atom. The van der Waals surface area contributed by atoms with Crippen molar-refractivity contribution in [2.75, 3.05) is 0 Å². The molecule has 0 saturated carbocycles. The first-order valence-electron chi connectivity index (χ1n) is 2.55. The lowest BCUT2D eigenvalue weighted by molar-refractivity contribution is 0.108. The number of rotatable bonds is 1. The largest absolute Gasteiger partial charge is 0.348 e. The Balaban J connectivity index is 0.000000371. The van der Waals surface area contributed by atoms with Crippen molar-refractivity contribution in [3.8, 4) is 0 Å². The number of hydrogen-bond acceptors (Lipinski definition) is 1. The van der Waals surface area contributed by atoms with Gasteiger partial charge in [0, 0.05) is 22.4 Å². The first-order chi connectivity index (χ1) is 4.84. The second-order valence-corrected chi connectivity index (χ2v) is 1.66. The molecule has 0 amide bonds.